The zero-order chi connectivity index (χ0) is 13.0. The minimum Gasteiger partial charge on any atom is -0.481 e. The molecule has 0 spiro atoms. The smallest absolute Gasteiger partial charge is 0.303 e. The molecule has 4 nitrogen and oxygen atoms in total. The van der Waals surface area contributed by atoms with E-state index in [9.17, 15) is 9.59 Å². The maximum Gasteiger partial charge on any atom is 0.303 e. The SMILES string of the molecule is Cc1csc(C(=O)NC(C)CCC(=O)O)c1Cl. The van der Waals surface area contributed by atoms with Gasteiger partial charge in [0.25, 0.3) is 5.91 Å². The minimum atomic E-state index is -0.865. The fourth-order valence-corrected chi connectivity index (χ4v) is 2.47. The second-order valence-corrected chi connectivity index (χ2v) is 5.13. The van der Waals surface area contributed by atoms with Crippen LogP contribution in [0.25, 0.3) is 0 Å². The highest BCUT2D eigenvalue weighted by molar-refractivity contribution is 7.13. The molecule has 94 valence electrons. The number of aliphatic carboxylic acids is 1. The first-order valence-electron chi connectivity index (χ1n) is 5.18. The van der Waals surface area contributed by atoms with Crippen LogP contribution in [0, 0.1) is 6.92 Å². The van der Waals surface area contributed by atoms with Gasteiger partial charge in [0.05, 0.1) is 5.02 Å². The zero-order valence-corrected chi connectivity index (χ0v) is 11.2. The van der Waals surface area contributed by atoms with Gasteiger partial charge >= 0.3 is 5.97 Å². The van der Waals surface area contributed by atoms with E-state index in [1.54, 1.807) is 6.92 Å². The van der Waals surface area contributed by atoms with E-state index in [-0.39, 0.29) is 18.4 Å². The zero-order valence-electron chi connectivity index (χ0n) is 9.62. The molecule has 0 aliphatic rings. The quantitative estimate of drug-likeness (QED) is 0.868. The molecule has 1 aromatic heterocycles. The van der Waals surface area contributed by atoms with Crippen LogP contribution in [0.3, 0.4) is 0 Å². The summed E-state index contributed by atoms with van der Waals surface area (Å²) in [6.07, 6.45) is 0.446. The molecule has 1 rings (SSSR count). The van der Waals surface area contributed by atoms with Crippen molar-refractivity contribution in [1.82, 2.24) is 5.32 Å². The van der Waals surface area contributed by atoms with Gasteiger partial charge in [-0.3, -0.25) is 9.59 Å². The Kier molecular flexibility index (Phi) is 4.96. The molecule has 0 aliphatic heterocycles. The van der Waals surface area contributed by atoms with Crippen LogP contribution in [-0.4, -0.2) is 23.0 Å². The summed E-state index contributed by atoms with van der Waals surface area (Å²) in [7, 11) is 0. The Bertz CT molecular complexity index is 430. The molecule has 17 heavy (non-hydrogen) atoms. The molecule has 1 aromatic rings. The molecule has 0 saturated carbocycles. The molecule has 0 bridgehead atoms. The van der Waals surface area contributed by atoms with E-state index < -0.39 is 5.97 Å². The number of nitrogens with one attached hydrogen (secondary N) is 1. The first-order valence-corrected chi connectivity index (χ1v) is 6.43. The van der Waals surface area contributed by atoms with E-state index in [1.165, 1.54) is 11.3 Å². The third kappa shape index (κ3) is 4.02. The first kappa shape index (κ1) is 14.0. The number of halogens is 1. The van der Waals surface area contributed by atoms with Crippen LogP contribution in [0.4, 0.5) is 0 Å². The summed E-state index contributed by atoms with van der Waals surface area (Å²) in [6, 6.07) is -0.183. The summed E-state index contributed by atoms with van der Waals surface area (Å²) >= 11 is 7.26. The summed E-state index contributed by atoms with van der Waals surface area (Å²) < 4.78 is 0. The largest absolute Gasteiger partial charge is 0.481 e. The molecule has 1 heterocycles. The number of aryl methyl sites for hydroxylation is 1. The van der Waals surface area contributed by atoms with Crippen molar-refractivity contribution in [3.63, 3.8) is 0 Å². The van der Waals surface area contributed by atoms with Crippen LogP contribution >= 0.6 is 22.9 Å². The van der Waals surface area contributed by atoms with Gasteiger partial charge in [-0.25, -0.2) is 0 Å². The summed E-state index contributed by atoms with van der Waals surface area (Å²) in [4.78, 5) is 22.7. The lowest BCUT2D eigenvalue weighted by molar-refractivity contribution is -0.137. The number of carbonyl (C=O) groups excluding carboxylic acids is 1. The van der Waals surface area contributed by atoms with Crippen LogP contribution in [0.1, 0.15) is 35.0 Å². The van der Waals surface area contributed by atoms with Crippen molar-refractivity contribution < 1.29 is 14.7 Å². The third-order valence-electron chi connectivity index (χ3n) is 2.27. The maximum atomic E-state index is 11.8. The normalized spacial score (nSPS) is 12.2. The molecule has 0 radical (unpaired) electrons. The topological polar surface area (TPSA) is 66.4 Å². The minimum absolute atomic E-state index is 0.0403. The molecule has 0 fully saturated rings. The number of amides is 1. The second-order valence-electron chi connectivity index (χ2n) is 3.87. The molecule has 6 heteroatoms. The lowest BCUT2D eigenvalue weighted by Crippen LogP contribution is -2.32. The summed E-state index contributed by atoms with van der Waals surface area (Å²) in [5.41, 5.74) is 0.875. The summed E-state index contributed by atoms with van der Waals surface area (Å²) in [6.45, 7) is 3.61. The number of carboxylic acids is 1. The Hall–Kier alpha value is -1.07. The predicted molar refractivity (Wildman–Crippen MR) is 67.9 cm³/mol. The highest BCUT2D eigenvalue weighted by Gasteiger charge is 2.16. The Labute approximate surface area is 109 Å². The van der Waals surface area contributed by atoms with Crippen LogP contribution < -0.4 is 5.32 Å². The molecule has 1 unspecified atom stereocenters. The number of rotatable bonds is 5. The van der Waals surface area contributed by atoms with E-state index in [2.05, 4.69) is 5.32 Å². The van der Waals surface area contributed by atoms with Crippen molar-refractivity contribution in [1.29, 1.82) is 0 Å². The molecular weight excluding hydrogens is 262 g/mol. The van der Waals surface area contributed by atoms with Crippen LogP contribution in [-0.2, 0) is 4.79 Å². The maximum absolute atomic E-state index is 11.8. The van der Waals surface area contributed by atoms with E-state index >= 15 is 0 Å². The van der Waals surface area contributed by atoms with Crippen molar-refractivity contribution in [2.45, 2.75) is 32.7 Å². The molecule has 0 aliphatic carbocycles. The second kappa shape index (κ2) is 6.02. The van der Waals surface area contributed by atoms with Crippen molar-refractivity contribution in [2.24, 2.45) is 0 Å². The molecule has 0 saturated heterocycles. The van der Waals surface area contributed by atoms with Crippen LogP contribution in [0.5, 0.6) is 0 Å². The van der Waals surface area contributed by atoms with Gasteiger partial charge < -0.3 is 10.4 Å². The number of hydrogen-bond donors (Lipinski definition) is 2. The van der Waals surface area contributed by atoms with Crippen molar-refractivity contribution in [3.8, 4) is 0 Å². The van der Waals surface area contributed by atoms with E-state index in [0.717, 1.165) is 5.56 Å². The van der Waals surface area contributed by atoms with Crippen molar-refractivity contribution in [3.05, 3.63) is 20.8 Å². The molecule has 1 amide bonds. The van der Waals surface area contributed by atoms with E-state index in [1.807, 2.05) is 12.3 Å². The van der Waals surface area contributed by atoms with Crippen molar-refractivity contribution >= 4 is 34.8 Å². The van der Waals surface area contributed by atoms with Gasteiger partial charge in [-0.05, 0) is 31.2 Å². The average Bonchev–Trinajstić information content (AvgIpc) is 2.57. The number of thiophene rings is 1. The third-order valence-corrected chi connectivity index (χ3v) is 3.97. The van der Waals surface area contributed by atoms with Gasteiger partial charge in [-0.15, -0.1) is 11.3 Å². The van der Waals surface area contributed by atoms with Gasteiger partial charge in [0.2, 0.25) is 0 Å². The van der Waals surface area contributed by atoms with E-state index in [4.69, 9.17) is 16.7 Å². The Morgan fingerprint density at radius 2 is 2.24 bits per heavy atom. The summed E-state index contributed by atoms with van der Waals surface area (Å²) in [5.74, 6) is -1.11. The highest BCUT2D eigenvalue weighted by atomic mass is 35.5. The lowest BCUT2D eigenvalue weighted by Gasteiger charge is -2.11. The Morgan fingerprint density at radius 1 is 1.59 bits per heavy atom. The van der Waals surface area contributed by atoms with E-state index in [0.29, 0.717) is 16.3 Å². The molecule has 0 aromatic carbocycles. The molecule has 2 N–H and O–H groups in total. The van der Waals surface area contributed by atoms with Gasteiger partial charge in [0, 0.05) is 12.5 Å². The fraction of sp³-hybridized carbons (Fsp3) is 0.455. The molecule has 1 atom stereocenters. The first-order chi connectivity index (χ1) is 7.91. The van der Waals surface area contributed by atoms with Crippen LogP contribution in [0.15, 0.2) is 5.38 Å². The van der Waals surface area contributed by atoms with Gasteiger partial charge in [-0.1, -0.05) is 11.6 Å². The lowest BCUT2D eigenvalue weighted by atomic mass is 10.2. The standard InChI is InChI=1S/C11H14ClNO3S/c1-6-5-17-10(9(6)12)11(16)13-7(2)3-4-8(14)15/h5,7H,3-4H2,1-2H3,(H,13,16)(H,14,15). The Morgan fingerprint density at radius 3 is 2.71 bits per heavy atom. The number of carbonyl (C=O) groups is 2. The average molecular weight is 276 g/mol. The van der Waals surface area contributed by atoms with Gasteiger partial charge in [-0.2, -0.15) is 0 Å². The highest BCUT2D eigenvalue weighted by Crippen LogP contribution is 2.26. The van der Waals surface area contributed by atoms with Crippen molar-refractivity contribution in [2.75, 3.05) is 0 Å². The Balaban J connectivity index is 2.55. The number of carboxylic acid groups (broad SMARTS) is 1. The molecular formula is C11H14ClNO3S. The monoisotopic (exact) mass is 275 g/mol. The summed E-state index contributed by atoms with van der Waals surface area (Å²) in [5, 5.41) is 13.5. The predicted octanol–water partition coefficient (Wildman–Crippen LogP) is 2.69. The van der Waals surface area contributed by atoms with Crippen LogP contribution in [0.2, 0.25) is 5.02 Å². The van der Waals surface area contributed by atoms with Gasteiger partial charge in [0.15, 0.2) is 0 Å². The number of hydrogen-bond acceptors (Lipinski definition) is 3. The fourth-order valence-electron chi connectivity index (χ4n) is 1.28. The van der Waals surface area contributed by atoms with Gasteiger partial charge in [0.1, 0.15) is 4.88 Å².